The van der Waals surface area contributed by atoms with E-state index in [9.17, 15) is 17.6 Å². The maximum atomic E-state index is 15.3. The molecule has 0 radical (unpaired) electrons. The van der Waals surface area contributed by atoms with Crippen molar-refractivity contribution in [2.45, 2.75) is 31.6 Å². The van der Waals surface area contributed by atoms with Crippen molar-refractivity contribution in [2.75, 3.05) is 11.6 Å². The highest BCUT2D eigenvalue weighted by atomic mass is 32.2. The third-order valence-electron chi connectivity index (χ3n) is 7.35. The number of nitrogens with one attached hydrogen (secondary N) is 3. The van der Waals surface area contributed by atoms with Gasteiger partial charge in [0.05, 0.1) is 23.1 Å². The monoisotopic (exact) mass is 630 g/mol. The van der Waals surface area contributed by atoms with Crippen molar-refractivity contribution in [3.05, 3.63) is 78.3 Å². The third-order valence-corrected chi connectivity index (χ3v) is 8.54. The van der Waals surface area contributed by atoms with Gasteiger partial charge in [-0.25, -0.2) is 22.2 Å². The quantitative estimate of drug-likeness (QED) is 0.159. The van der Waals surface area contributed by atoms with E-state index >= 15 is 4.39 Å². The molecule has 45 heavy (non-hydrogen) atoms. The first-order chi connectivity index (χ1) is 21.5. The lowest BCUT2D eigenvalue weighted by atomic mass is 10.0. The summed E-state index contributed by atoms with van der Waals surface area (Å²) >= 11 is 0. The number of amides is 1. The minimum absolute atomic E-state index is 0.0729. The summed E-state index contributed by atoms with van der Waals surface area (Å²) in [6.07, 6.45) is 7.64. The Labute approximate surface area is 256 Å². The predicted octanol–water partition coefficient (Wildman–Crippen LogP) is 5.64. The van der Waals surface area contributed by atoms with Gasteiger partial charge in [-0.05, 0) is 60.0 Å². The van der Waals surface area contributed by atoms with Crippen molar-refractivity contribution in [1.29, 1.82) is 0 Å². The van der Waals surface area contributed by atoms with E-state index in [0.717, 1.165) is 25.2 Å². The van der Waals surface area contributed by atoms with E-state index in [1.165, 1.54) is 30.6 Å². The van der Waals surface area contributed by atoms with Crippen molar-refractivity contribution in [1.82, 2.24) is 30.1 Å². The van der Waals surface area contributed by atoms with Gasteiger partial charge in [0.1, 0.15) is 27.9 Å². The fourth-order valence-electron chi connectivity index (χ4n) is 5.07. The molecule has 5 N–H and O–H groups in total. The number of aromatic amines is 2. The van der Waals surface area contributed by atoms with Crippen LogP contribution in [0.15, 0.2) is 61.1 Å². The molecule has 0 fully saturated rings. The number of rotatable bonds is 9. The fraction of sp³-hybridized carbons (Fsp3) is 0.194. The van der Waals surface area contributed by atoms with Gasteiger partial charge in [-0.15, -0.1) is 0 Å². The first-order valence-electron chi connectivity index (χ1n) is 14.0. The summed E-state index contributed by atoms with van der Waals surface area (Å²) in [7, 11) is -3.69. The van der Waals surface area contributed by atoms with Gasteiger partial charge in [0.15, 0.2) is 21.5 Å². The number of H-pyrrole nitrogens is 2. The number of hydrogen-bond donors (Lipinski definition) is 4. The third kappa shape index (κ3) is 6.01. The average Bonchev–Trinajstić information content (AvgIpc) is 3.63. The van der Waals surface area contributed by atoms with E-state index in [0.29, 0.717) is 51.2 Å². The molecule has 4 heterocycles. The lowest BCUT2D eigenvalue weighted by molar-refractivity contribution is -0.116. The second kappa shape index (κ2) is 11.8. The van der Waals surface area contributed by atoms with Crippen LogP contribution >= 0.6 is 0 Å². The van der Waals surface area contributed by atoms with Gasteiger partial charge in [0.25, 0.3) is 0 Å². The Balaban J connectivity index is 1.41. The second-order valence-corrected chi connectivity index (χ2v) is 12.9. The van der Waals surface area contributed by atoms with Crippen LogP contribution in [0.1, 0.15) is 37.1 Å². The standard InChI is InChI=1S/C31H28F2N8O3S/c1-3-4-5-25(42)37-21-11-19(14-35-15-21)16-12-22-27(23(33)13-16)40-41-28(22)31-38-24-6-7-36-26(29(24)39-31)17-8-18(10-20(32)9-17)30(34)45(2,43)44/h6-15,30H,3-5,34H2,1-2H3,(H,37,42)(H,38,39)(H,40,41). The molecular formula is C31H28F2N8O3S. The second-order valence-electron chi connectivity index (χ2n) is 10.7. The van der Waals surface area contributed by atoms with Gasteiger partial charge in [-0.1, -0.05) is 13.3 Å². The Kier molecular flexibility index (Phi) is 7.85. The van der Waals surface area contributed by atoms with E-state index in [2.05, 4.69) is 30.5 Å². The minimum Gasteiger partial charge on any atom is -0.337 e. The molecule has 230 valence electrons. The average molecular weight is 631 g/mol. The van der Waals surface area contributed by atoms with E-state index in [1.807, 2.05) is 6.92 Å². The van der Waals surface area contributed by atoms with Crippen molar-refractivity contribution < 1.29 is 22.0 Å². The molecule has 0 aliphatic rings. The molecule has 0 spiro atoms. The summed E-state index contributed by atoms with van der Waals surface area (Å²) in [4.78, 5) is 28.7. The molecule has 0 aliphatic heterocycles. The number of unbranched alkanes of at least 4 members (excludes halogenated alkanes) is 1. The highest BCUT2D eigenvalue weighted by molar-refractivity contribution is 7.90. The summed E-state index contributed by atoms with van der Waals surface area (Å²) in [5.41, 5.74) is 9.50. The maximum absolute atomic E-state index is 15.3. The van der Waals surface area contributed by atoms with Crippen LogP contribution in [0, 0.1) is 11.6 Å². The lowest BCUT2D eigenvalue weighted by Crippen LogP contribution is -2.20. The van der Waals surface area contributed by atoms with Crippen LogP contribution in [0.3, 0.4) is 0 Å². The van der Waals surface area contributed by atoms with Gasteiger partial charge >= 0.3 is 0 Å². The Bertz CT molecular complexity index is 2200. The largest absolute Gasteiger partial charge is 0.337 e. The zero-order valence-electron chi connectivity index (χ0n) is 24.2. The SMILES string of the molecule is CCCCC(=O)Nc1cncc(-c2cc(F)c3n[nH]c(-c4nc5c(-c6cc(F)cc(C(N)S(C)(=O)=O)c6)nccc5[nH]4)c3c2)c1. The van der Waals surface area contributed by atoms with Gasteiger partial charge in [-0.3, -0.25) is 19.9 Å². The number of nitrogens with two attached hydrogens (primary N) is 1. The number of pyridine rings is 2. The van der Waals surface area contributed by atoms with Crippen LogP contribution in [0.25, 0.3) is 55.8 Å². The molecule has 2 aromatic carbocycles. The Morgan fingerprint density at radius 3 is 2.64 bits per heavy atom. The molecule has 14 heteroatoms. The molecule has 6 rings (SSSR count). The molecule has 1 unspecified atom stereocenters. The van der Waals surface area contributed by atoms with Crippen molar-refractivity contribution in [2.24, 2.45) is 5.73 Å². The minimum atomic E-state index is -3.69. The van der Waals surface area contributed by atoms with Crippen LogP contribution < -0.4 is 11.1 Å². The van der Waals surface area contributed by atoms with E-state index in [1.54, 1.807) is 24.4 Å². The number of hydrogen-bond acceptors (Lipinski definition) is 8. The molecule has 6 aromatic rings. The lowest BCUT2D eigenvalue weighted by Gasteiger charge is -2.12. The number of anilines is 1. The van der Waals surface area contributed by atoms with E-state index in [-0.39, 0.29) is 28.2 Å². The summed E-state index contributed by atoms with van der Waals surface area (Å²) in [5.74, 6) is -1.06. The number of halogens is 2. The molecule has 4 aromatic heterocycles. The van der Waals surface area contributed by atoms with Crippen LogP contribution in [-0.2, 0) is 14.6 Å². The van der Waals surface area contributed by atoms with Gasteiger partial charge in [-0.2, -0.15) is 5.10 Å². The molecule has 11 nitrogen and oxygen atoms in total. The summed E-state index contributed by atoms with van der Waals surface area (Å²) in [6, 6.07) is 10.2. The molecule has 0 bridgehead atoms. The smallest absolute Gasteiger partial charge is 0.224 e. The van der Waals surface area contributed by atoms with E-state index in [4.69, 9.17) is 10.7 Å². The highest BCUT2D eigenvalue weighted by Crippen LogP contribution is 2.35. The van der Waals surface area contributed by atoms with Gasteiger partial charge in [0.2, 0.25) is 5.91 Å². The van der Waals surface area contributed by atoms with Crippen molar-refractivity contribution in [3.8, 4) is 33.9 Å². The summed E-state index contributed by atoms with van der Waals surface area (Å²) in [6.45, 7) is 2.01. The van der Waals surface area contributed by atoms with Gasteiger partial charge < -0.3 is 16.0 Å². The predicted molar refractivity (Wildman–Crippen MR) is 167 cm³/mol. The van der Waals surface area contributed by atoms with Crippen molar-refractivity contribution >= 4 is 43.4 Å². The molecular weight excluding hydrogens is 602 g/mol. The first kappa shape index (κ1) is 30.0. The van der Waals surface area contributed by atoms with Gasteiger partial charge in [0, 0.05) is 41.6 Å². The Morgan fingerprint density at radius 2 is 1.87 bits per heavy atom. The van der Waals surface area contributed by atoms with Crippen LogP contribution in [0.5, 0.6) is 0 Å². The van der Waals surface area contributed by atoms with Crippen LogP contribution in [0.2, 0.25) is 0 Å². The van der Waals surface area contributed by atoms with Crippen LogP contribution in [0.4, 0.5) is 14.5 Å². The topological polar surface area (TPSA) is 172 Å². The molecule has 0 saturated carbocycles. The number of fused-ring (bicyclic) bond motifs is 2. The molecule has 0 aliphatic carbocycles. The number of carbonyl (C=O) groups is 1. The van der Waals surface area contributed by atoms with Crippen LogP contribution in [-0.4, -0.2) is 50.7 Å². The zero-order valence-corrected chi connectivity index (χ0v) is 25.0. The Morgan fingerprint density at radius 1 is 1.04 bits per heavy atom. The Hall–Kier alpha value is -5.08. The van der Waals surface area contributed by atoms with E-state index < -0.39 is 26.8 Å². The molecule has 1 amide bonds. The summed E-state index contributed by atoms with van der Waals surface area (Å²) in [5, 5.41) is 8.86. The highest BCUT2D eigenvalue weighted by Gasteiger charge is 2.22. The maximum Gasteiger partial charge on any atom is 0.224 e. The number of sulfone groups is 1. The molecule has 1 atom stereocenters. The fourth-order valence-corrected chi connectivity index (χ4v) is 5.71. The first-order valence-corrected chi connectivity index (χ1v) is 16.0. The zero-order chi connectivity index (χ0) is 31.9. The van der Waals surface area contributed by atoms with Crippen molar-refractivity contribution in [3.63, 3.8) is 0 Å². The number of carbonyl (C=O) groups excluding carboxylic acids is 1. The number of benzene rings is 2. The molecule has 0 saturated heterocycles. The number of nitrogens with zero attached hydrogens (tertiary/aromatic N) is 4. The normalized spacial score (nSPS) is 12.6. The number of aromatic nitrogens is 6. The number of imidazole rings is 1. The summed E-state index contributed by atoms with van der Waals surface area (Å²) < 4.78 is 54.0.